The van der Waals surface area contributed by atoms with Crippen molar-refractivity contribution in [2.45, 2.75) is 38.8 Å². The van der Waals surface area contributed by atoms with Gasteiger partial charge in [0.15, 0.2) is 0 Å². The summed E-state index contributed by atoms with van der Waals surface area (Å²) in [4.78, 5) is 2.44. The summed E-state index contributed by atoms with van der Waals surface area (Å²) in [6.07, 6.45) is 2.51. The van der Waals surface area contributed by atoms with Gasteiger partial charge in [0.05, 0.1) is 12.8 Å². The Bertz CT molecular complexity index is 368. The lowest BCUT2D eigenvalue weighted by Gasteiger charge is -2.29. The highest BCUT2D eigenvalue weighted by molar-refractivity contribution is 5.64. The zero-order valence-electron chi connectivity index (χ0n) is 10.2. The Balaban J connectivity index is 2.30. The molecular weight excluding hydrogens is 200 g/mol. The predicted octanol–water partition coefficient (Wildman–Crippen LogP) is 2.65. The third kappa shape index (κ3) is 1.82. The fraction of sp³-hybridized carbons (Fsp3) is 0.538. The van der Waals surface area contributed by atoms with Gasteiger partial charge in [0.1, 0.15) is 5.75 Å². The molecule has 1 aliphatic heterocycles. The zero-order valence-corrected chi connectivity index (χ0v) is 10.2. The van der Waals surface area contributed by atoms with Crippen LogP contribution in [-0.4, -0.2) is 19.2 Å². The zero-order chi connectivity index (χ0) is 11.7. The Labute approximate surface area is 97.2 Å². The summed E-state index contributed by atoms with van der Waals surface area (Å²) in [5.41, 5.74) is 7.86. The molecule has 1 aliphatic rings. The van der Waals surface area contributed by atoms with E-state index < -0.39 is 0 Å². The largest absolute Gasteiger partial charge is 0.495 e. The SMILES string of the molecule is COc1ccc(N2[C@H](C)CC[C@@H]2C)cc1N. The van der Waals surface area contributed by atoms with Gasteiger partial charge in [0, 0.05) is 17.8 Å². The van der Waals surface area contributed by atoms with E-state index in [9.17, 15) is 0 Å². The van der Waals surface area contributed by atoms with Gasteiger partial charge in [-0.1, -0.05) is 0 Å². The first kappa shape index (κ1) is 11.1. The number of hydrogen-bond donors (Lipinski definition) is 1. The number of anilines is 2. The molecule has 88 valence electrons. The molecule has 1 aromatic carbocycles. The predicted molar refractivity (Wildman–Crippen MR) is 68.0 cm³/mol. The molecule has 1 fully saturated rings. The Morgan fingerprint density at radius 1 is 1.25 bits per heavy atom. The molecule has 3 nitrogen and oxygen atoms in total. The van der Waals surface area contributed by atoms with Crippen LogP contribution in [0.15, 0.2) is 18.2 Å². The van der Waals surface area contributed by atoms with Crippen LogP contribution < -0.4 is 15.4 Å². The Kier molecular flexibility index (Phi) is 2.95. The van der Waals surface area contributed by atoms with Crippen LogP contribution in [0, 0.1) is 0 Å². The first-order chi connectivity index (χ1) is 7.63. The van der Waals surface area contributed by atoms with Crippen molar-refractivity contribution in [1.82, 2.24) is 0 Å². The molecule has 0 spiro atoms. The molecule has 0 unspecified atom stereocenters. The number of nitrogen functional groups attached to an aromatic ring is 1. The average molecular weight is 220 g/mol. The Morgan fingerprint density at radius 3 is 2.38 bits per heavy atom. The summed E-state index contributed by atoms with van der Waals surface area (Å²) in [6, 6.07) is 7.25. The average Bonchev–Trinajstić information content (AvgIpc) is 2.58. The number of ether oxygens (including phenoxy) is 1. The van der Waals surface area contributed by atoms with Gasteiger partial charge < -0.3 is 15.4 Å². The normalized spacial score (nSPS) is 24.8. The van der Waals surface area contributed by atoms with Crippen LogP contribution in [0.2, 0.25) is 0 Å². The van der Waals surface area contributed by atoms with Gasteiger partial charge in [0.2, 0.25) is 0 Å². The second-order valence-electron chi connectivity index (χ2n) is 4.61. The number of hydrogen-bond acceptors (Lipinski definition) is 3. The van der Waals surface area contributed by atoms with Crippen LogP contribution in [-0.2, 0) is 0 Å². The molecule has 0 radical (unpaired) electrons. The molecule has 0 aliphatic carbocycles. The number of nitrogens with two attached hydrogens (primary N) is 1. The fourth-order valence-corrected chi connectivity index (χ4v) is 2.59. The highest BCUT2D eigenvalue weighted by Crippen LogP contribution is 2.33. The monoisotopic (exact) mass is 220 g/mol. The van der Waals surface area contributed by atoms with Gasteiger partial charge in [-0.2, -0.15) is 0 Å². The Hall–Kier alpha value is -1.38. The van der Waals surface area contributed by atoms with Crippen molar-refractivity contribution < 1.29 is 4.74 Å². The van der Waals surface area contributed by atoms with E-state index in [1.807, 2.05) is 12.1 Å². The van der Waals surface area contributed by atoms with Gasteiger partial charge in [-0.25, -0.2) is 0 Å². The summed E-state index contributed by atoms with van der Waals surface area (Å²) in [6.45, 7) is 4.54. The lowest BCUT2D eigenvalue weighted by atomic mass is 10.2. The summed E-state index contributed by atoms with van der Waals surface area (Å²) < 4.78 is 5.17. The highest BCUT2D eigenvalue weighted by Gasteiger charge is 2.27. The van der Waals surface area contributed by atoms with Crippen LogP contribution in [0.3, 0.4) is 0 Å². The maximum atomic E-state index is 5.94. The second kappa shape index (κ2) is 4.24. The lowest BCUT2D eigenvalue weighted by molar-refractivity contribution is 0.417. The molecule has 1 aromatic rings. The van der Waals surface area contributed by atoms with E-state index in [1.165, 1.54) is 18.5 Å². The van der Waals surface area contributed by atoms with Crippen LogP contribution >= 0.6 is 0 Å². The van der Waals surface area contributed by atoms with Crippen molar-refractivity contribution >= 4 is 11.4 Å². The minimum absolute atomic E-state index is 0.600. The summed E-state index contributed by atoms with van der Waals surface area (Å²) in [7, 11) is 1.65. The second-order valence-corrected chi connectivity index (χ2v) is 4.61. The van der Waals surface area contributed by atoms with Crippen molar-refractivity contribution in [2.24, 2.45) is 0 Å². The lowest BCUT2D eigenvalue weighted by Crippen LogP contribution is -2.32. The van der Waals surface area contributed by atoms with Crippen molar-refractivity contribution in [1.29, 1.82) is 0 Å². The van der Waals surface area contributed by atoms with Crippen molar-refractivity contribution in [3.63, 3.8) is 0 Å². The van der Waals surface area contributed by atoms with Gasteiger partial charge >= 0.3 is 0 Å². The van der Waals surface area contributed by atoms with E-state index in [1.54, 1.807) is 7.11 Å². The molecule has 1 heterocycles. The summed E-state index contributed by atoms with van der Waals surface area (Å²) in [5.74, 6) is 0.753. The highest BCUT2D eigenvalue weighted by atomic mass is 16.5. The number of nitrogens with zero attached hydrogens (tertiary/aromatic N) is 1. The van der Waals surface area contributed by atoms with Gasteiger partial charge in [-0.3, -0.25) is 0 Å². The third-order valence-electron chi connectivity index (χ3n) is 3.46. The van der Waals surface area contributed by atoms with E-state index in [0.717, 1.165) is 5.75 Å². The van der Waals surface area contributed by atoms with E-state index in [2.05, 4.69) is 24.8 Å². The number of rotatable bonds is 2. The molecule has 0 aromatic heterocycles. The standard InChI is InChI=1S/C13H20N2O/c1-9-4-5-10(2)15(9)11-6-7-13(16-3)12(14)8-11/h6-10H,4-5,14H2,1-3H3/t9-,10+. The van der Waals surface area contributed by atoms with E-state index in [4.69, 9.17) is 10.5 Å². The Morgan fingerprint density at radius 2 is 1.88 bits per heavy atom. The van der Waals surface area contributed by atoms with Gasteiger partial charge in [0.25, 0.3) is 0 Å². The molecular formula is C13H20N2O. The minimum Gasteiger partial charge on any atom is -0.495 e. The topological polar surface area (TPSA) is 38.5 Å². The molecule has 0 amide bonds. The van der Waals surface area contributed by atoms with Gasteiger partial charge in [-0.15, -0.1) is 0 Å². The molecule has 2 atom stereocenters. The molecule has 0 bridgehead atoms. The summed E-state index contributed by atoms with van der Waals surface area (Å²) >= 11 is 0. The quantitative estimate of drug-likeness (QED) is 0.779. The van der Waals surface area contributed by atoms with Crippen molar-refractivity contribution in [2.75, 3.05) is 17.7 Å². The van der Waals surface area contributed by atoms with Crippen molar-refractivity contribution in [3.05, 3.63) is 18.2 Å². The van der Waals surface area contributed by atoms with Crippen molar-refractivity contribution in [3.8, 4) is 5.75 Å². The minimum atomic E-state index is 0.600. The van der Waals surface area contributed by atoms with Crippen LogP contribution in [0.5, 0.6) is 5.75 Å². The molecule has 2 N–H and O–H groups in total. The first-order valence-electron chi connectivity index (χ1n) is 5.85. The van der Waals surface area contributed by atoms with E-state index in [0.29, 0.717) is 17.8 Å². The molecule has 1 saturated heterocycles. The first-order valence-corrected chi connectivity index (χ1v) is 5.85. The van der Waals surface area contributed by atoms with E-state index in [-0.39, 0.29) is 0 Å². The van der Waals surface area contributed by atoms with Crippen LogP contribution in [0.1, 0.15) is 26.7 Å². The fourth-order valence-electron chi connectivity index (χ4n) is 2.59. The third-order valence-corrected chi connectivity index (χ3v) is 3.46. The van der Waals surface area contributed by atoms with Crippen LogP contribution in [0.25, 0.3) is 0 Å². The van der Waals surface area contributed by atoms with E-state index >= 15 is 0 Å². The molecule has 3 heteroatoms. The molecule has 0 saturated carbocycles. The molecule has 2 rings (SSSR count). The number of methoxy groups -OCH3 is 1. The maximum absolute atomic E-state index is 5.94. The smallest absolute Gasteiger partial charge is 0.141 e. The molecule has 16 heavy (non-hydrogen) atoms. The summed E-state index contributed by atoms with van der Waals surface area (Å²) in [5, 5.41) is 0. The number of benzene rings is 1. The van der Waals surface area contributed by atoms with Gasteiger partial charge in [-0.05, 0) is 44.9 Å². The maximum Gasteiger partial charge on any atom is 0.141 e. The van der Waals surface area contributed by atoms with Crippen LogP contribution in [0.4, 0.5) is 11.4 Å².